The predicted octanol–water partition coefficient (Wildman–Crippen LogP) is 1.62. The average molecular weight is 265 g/mol. The van der Waals surface area contributed by atoms with Crippen LogP contribution in [0.1, 0.15) is 12.6 Å². The summed E-state index contributed by atoms with van der Waals surface area (Å²) < 4.78 is 15.3. The molecule has 5 nitrogen and oxygen atoms in total. The number of nitrogens with zero attached hydrogens (tertiary/aromatic N) is 3. The molecule has 1 aromatic heterocycles. The van der Waals surface area contributed by atoms with Crippen LogP contribution < -0.4 is 11.1 Å². The standard InChI is InChI=1S/C11H12FN5S/c1-2-7-6-17(16-15-7)8-3-4-10(9(12)5-8)14-11(13)18/h3-6H,2H2,1H3,(H3,13,14,18). The lowest BCUT2D eigenvalue weighted by atomic mass is 10.2. The SMILES string of the molecule is CCc1cn(-c2ccc(NC(N)=S)c(F)c2)nn1. The van der Waals surface area contributed by atoms with E-state index in [1.165, 1.54) is 10.7 Å². The highest BCUT2D eigenvalue weighted by Gasteiger charge is 2.07. The molecule has 0 amide bonds. The van der Waals surface area contributed by atoms with E-state index in [9.17, 15) is 4.39 Å². The summed E-state index contributed by atoms with van der Waals surface area (Å²) in [6, 6.07) is 4.60. The molecule has 0 aliphatic rings. The van der Waals surface area contributed by atoms with E-state index in [0.29, 0.717) is 5.69 Å². The van der Waals surface area contributed by atoms with Crippen molar-refractivity contribution < 1.29 is 4.39 Å². The average Bonchev–Trinajstić information content (AvgIpc) is 2.80. The molecule has 7 heteroatoms. The van der Waals surface area contributed by atoms with Crippen LogP contribution in [0.4, 0.5) is 10.1 Å². The molecule has 0 radical (unpaired) electrons. The zero-order chi connectivity index (χ0) is 13.1. The van der Waals surface area contributed by atoms with Gasteiger partial charge >= 0.3 is 0 Å². The minimum Gasteiger partial charge on any atom is -0.376 e. The van der Waals surface area contributed by atoms with Gasteiger partial charge in [0.15, 0.2) is 5.11 Å². The lowest BCUT2D eigenvalue weighted by molar-refractivity contribution is 0.629. The number of halogens is 1. The Labute approximate surface area is 109 Å². The van der Waals surface area contributed by atoms with Crippen LogP contribution in [0.25, 0.3) is 5.69 Å². The van der Waals surface area contributed by atoms with Gasteiger partial charge in [-0.2, -0.15) is 0 Å². The van der Waals surface area contributed by atoms with Gasteiger partial charge in [-0.1, -0.05) is 12.1 Å². The molecular formula is C11H12FN5S. The fourth-order valence-electron chi connectivity index (χ4n) is 1.47. The largest absolute Gasteiger partial charge is 0.376 e. The summed E-state index contributed by atoms with van der Waals surface area (Å²) >= 11 is 4.65. The van der Waals surface area contributed by atoms with Crippen molar-refractivity contribution in [3.05, 3.63) is 35.9 Å². The first-order valence-electron chi connectivity index (χ1n) is 5.37. The van der Waals surface area contributed by atoms with Gasteiger partial charge in [0.2, 0.25) is 0 Å². The van der Waals surface area contributed by atoms with E-state index in [0.717, 1.165) is 12.1 Å². The Balaban J connectivity index is 2.30. The number of benzene rings is 1. The van der Waals surface area contributed by atoms with Crippen LogP contribution in [0.3, 0.4) is 0 Å². The molecule has 18 heavy (non-hydrogen) atoms. The molecule has 2 aromatic rings. The number of nitrogens with two attached hydrogens (primary N) is 1. The quantitative estimate of drug-likeness (QED) is 0.825. The Morgan fingerprint density at radius 3 is 2.89 bits per heavy atom. The smallest absolute Gasteiger partial charge is 0.168 e. The van der Waals surface area contributed by atoms with Crippen LogP contribution in [-0.4, -0.2) is 20.1 Å². The van der Waals surface area contributed by atoms with Crippen molar-refractivity contribution in [1.29, 1.82) is 0 Å². The lowest BCUT2D eigenvalue weighted by Gasteiger charge is -2.07. The third kappa shape index (κ3) is 2.62. The van der Waals surface area contributed by atoms with E-state index >= 15 is 0 Å². The van der Waals surface area contributed by atoms with Crippen molar-refractivity contribution in [3.8, 4) is 5.69 Å². The van der Waals surface area contributed by atoms with Gasteiger partial charge < -0.3 is 11.1 Å². The number of anilines is 1. The topological polar surface area (TPSA) is 68.8 Å². The molecule has 0 atom stereocenters. The first-order chi connectivity index (χ1) is 8.60. The Kier molecular flexibility index (Phi) is 3.52. The maximum atomic E-state index is 13.7. The number of thiocarbonyl (C=S) groups is 1. The fraction of sp³-hybridized carbons (Fsp3) is 0.182. The van der Waals surface area contributed by atoms with E-state index in [-0.39, 0.29) is 10.8 Å². The minimum atomic E-state index is -0.450. The van der Waals surface area contributed by atoms with Crippen molar-refractivity contribution >= 4 is 23.0 Å². The molecule has 2 rings (SSSR count). The summed E-state index contributed by atoms with van der Waals surface area (Å²) in [4.78, 5) is 0. The number of hydrogen-bond donors (Lipinski definition) is 2. The highest BCUT2D eigenvalue weighted by atomic mass is 32.1. The molecule has 0 saturated heterocycles. The van der Waals surface area contributed by atoms with E-state index < -0.39 is 5.82 Å². The van der Waals surface area contributed by atoms with Crippen molar-refractivity contribution in [2.24, 2.45) is 5.73 Å². The summed E-state index contributed by atoms with van der Waals surface area (Å²) in [7, 11) is 0. The summed E-state index contributed by atoms with van der Waals surface area (Å²) in [5.74, 6) is -0.450. The predicted molar refractivity (Wildman–Crippen MR) is 71.1 cm³/mol. The highest BCUT2D eigenvalue weighted by Crippen LogP contribution is 2.17. The van der Waals surface area contributed by atoms with Gasteiger partial charge in [0, 0.05) is 6.07 Å². The highest BCUT2D eigenvalue weighted by molar-refractivity contribution is 7.80. The molecule has 0 bridgehead atoms. The fourth-order valence-corrected chi connectivity index (χ4v) is 1.58. The molecule has 1 aromatic carbocycles. The van der Waals surface area contributed by atoms with E-state index in [4.69, 9.17) is 5.73 Å². The normalized spacial score (nSPS) is 10.3. The molecule has 0 unspecified atom stereocenters. The number of hydrogen-bond acceptors (Lipinski definition) is 3. The minimum absolute atomic E-state index is 0.0238. The third-order valence-electron chi connectivity index (χ3n) is 2.38. The van der Waals surface area contributed by atoms with Gasteiger partial charge in [0.05, 0.1) is 23.3 Å². The van der Waals surface area contributed by atoms with Crippen LogP contribution in [0.2, 0.25) is 0 Å². The van der Waals surface area contributed by atoms with Crippen molar-refractivity contribution in [2.75, 3.05) is 5.32 Å². The second kappa shape index (κ2) is 5.09. The molecule has 0 aliphatic carbocycles. The second-order valence-electron chi connectivity index (χ2n) is 3.66. The zero-order valence-electron chi connectivity index (χ0n) is 9.72. The Morgan fingerprint density at radius 2 is 2.33 bits per heavy atom. The number of aromatic nitrogens is 3. The van der Waals surface area contributed by atoms with Crippen LogP contribution >= 0.6 is 12.2 Å². The van der Waals surface area contributed by atoms with Crippen molar-refractivity contribution in [2.45, 2.75) is 13.3 Å². The van der Waals surface area contributed by atoms with Gasteiger partial charge in [-0.05, 0) is 30.8 Å². The monoisotopic (exact) mass is 265 g/mol. The molecule has 0 spiro atoms. The molecule has 0 fully saturated rings. The molecule has 0 aliphatic heterocycles. The number of nitrogens with one attached hydrogen (secondary N) is 1. The summed E-state index contributed by atoms with van der Waals surface area (Å²) in [6.07, 6.45) is 2.54. The molecular weight excluding hydrogens is 253 g/mol. The van der Waals surface area contributed by atoms with Crippen LogP contribution in [-0.2, 0) is 6.42 Å². The third-order valence-corrected chi connectivity index (χ3v) is 2.48. The van der Waals surface area contributed by atoms with Gasteiger partial charge in [-0.3, -0.25) is 0 Å². The first kappa shape index (κ1) is 12.4. The molecule has 1 heterocycles. The van der Waals surface area contributed by atoms with Crippen LogP contribution in [0.5, 0.6) is 0 Å². The zero-order valence-corrected chi connectivity index (χ0v) is 10.5. The Hall–Kier alpha value is -2.02. The second-order valence-corrected chi connectivity index (χ2v) is 4.10. The number of aryl methyl sites for hydroxylation is 1. The van der Waals surface area contributed by atoms with Gasteiger partial charge in [0.25, 0.3) is 0 Å². The Bertz CT molecular complexity index is 581. The molecule has 0 saturated carbocycles. The maximum Gasteiger partial charge on any atom is 0.168 e. The van der Waals surface area contributed by atoms with Crippen molar-refractivity contribution in [3.63, 3.8) is 0 Å². The van der Waals surface area contributed by atoms with Gasteiger partial charge in [0.1, 0.15) is 5.82 Å². The van der Waals surface area contributed by atoms with Crippen molar-refractivity contribution in [1.82, 2.24) is 15.0 Å². The van der Waals surface area contributed by atoms with Gasteiger partial charge in [-0.15, -0.1) is 5.10 Å². The maximum absolute atomic E-state index is 13.7. The summed E-state index contributed by atoms with van der Waals surface area (Å²) in [5, 5.41) is 10.4. The first-order valence-corrected chi connectivity index (χ1v) is 5.78. The molecule has 3 N–H and O–H groups in total. The van der Waals surface area contributed by atoms with Crippen LogP contribution in [0, 0.1) is 5.82 Å². The number of rotatable bonds is 3. The lowest BCUT2D eigenvalue weighted by Crippen LogP contribution is -2.19. The summed E-state index contributed by atoms with van der Waals surface area (Å²) in [5.41, 5.74) is 6.97. The van der Waals surface area contributed by atoms with E-state index in [2.05, 4.69) is 27.8 Å². The van der Waals surface area contributed by atoms with E-state index in [1.54, 1.807) is 18.3 Å². The van der Waals surface area contributed by atoms with Crippen LogP contribution in [0.15, 0.2) is 24.4 Å². The molecule has 94 valence electrons. The Morgan fingerprint density at radius 1 is 1.56 bits per heavy atom. The van der Waals surface area contributed by atoms with E-state index in [1.807, 2.05) is 6.92 Å². The van der Waals surface area contributed by atoms with Gasteiger partial charge in [-0.25, -0.2) is 9.07 Å². The summed E-state index contributed by atoms with van der Waals surface area (Å²) in [6.45, 7) is 1.98.